The van der Waals surface area contributed by atoms with Crippen LogP contribution in [-0.4, -0.2) is 42.2 Å². The van der Waals surface area contributed by atoms with E-state index < -0.39 is 18.0 Å². The van der Waals surface area contributed by atoms with Crippen LogP contribution >= 0.6 is 0 Å². The maximum absolute atomic E-state index is 13.2. The second-order valence-corrected chi connectivity index (χ2v) is 10.2. The van der Waals surface area contributed by atoms with Gasteiger partial charge in [0.05, 0.1) is 42.2 Å². The second-order valence-electron chi connectivity index (χ2n) is 10.2. The smallest absolute Gasteiger partial charge is 0.338 e. The van der Waals surface area contributed by atoms with E-state index in [1.54, 1.807) is 43.3 Å². The van der Waals surface area contributed by atoms with Crippen molar-refractivity contribution < 1.29 is 23.8 Å². The van der Waals surface area contributed by atoms with Gasteiger partial charge in [-0.05, 0) is 38.5 Å². The number of benzene rings is 4. The zero-order valence-electron chi connectivity index (χ0n) is 24.8. The molecule has 8 nitrogen and oxygen atoms in total. The standard InChI is InChI=1S/C35H33N3O5/c1-6-31(34(39)36-26-18-27(41-4)20-28(19-26)42-5)43-35(40)25-15-16-29-30(17-25)38-33(24-13-9-22(3)10-14-24)32(37-29)23-11-7-21(2)8-12-23/h7-20,31H,6H2,1-5H3,(H,36,39). The molecule has 1 amide bonds. The van der Waals surface area contributed by atoms with E-state index >= 15 is 0 Å². The van der Waals surface area contributed by atoms with Crippen LogP contribution in [0, 0.1) is 13.8 Å². The Morgan fingerprint density at radius 3 is 1.77 bits per heavy atom. The van der Waals surface area contributed by atoms with Gasteiger partial charge in [0.25, 0.3) is 5.91 Å². The lowest BCUT2D eigenvalue weighted by Gasteiger charge is -2.17. The molecule has 8 heteroatoms. The number of aromatic nitrogens is 2. The lowest BCUT2D eigenvalue weighted by atomic mass is 10.0. The monoisotopic (exact) mass is 575 g/mol. The minimum absolute atomic E-state index is 0.272. The van der Waals surface area contributed by atoms with E-state index in [4.69, 9.17) is 24.2 Å². The van der Waals surface area contributed by atoms with Gasteiger partial charge in [0.15, 0.2) is 6.10 Å². The molecule has 0 fully saturated rings. The topological polar surface area (TPSA) is 99.6 Å². The predicted molar refractivity (Wildman–Crippen MR) is 168 cm³/mol. The molecule has 1 atom stereocenters. The normalized spacial score (nSPS) is 11.6. The lowest BCUT2D eigenvalue weighted by Crippen LogP contribution is -2.32. The first kappa shape index (κ1) is 29.3. The molecule has 0 saturated heterocycles. The van der Waals surface area contributed by atoms with Gasteiger partial charge in [-0.1, -0.05) is 66.6 Å². The van der Waals surface area contributed by atoms with Gasteiger partial charge in [0.2, 0.25) is 0 Å². The highest BCUT2D eigenvalue weighted by Gasteiger charge is 2.23. The van der Waals surface area contributed by atoms with E-state index in [0.29, 0.717) is 33.9 Å². The molecule has 218 valence electrons. The Bertz CT molecular complexity index is 1760. The van der Waals surface area contributed by atoms with Crippen molar-refractivity contribution >= 4 is 28.6 Å². The minimum Gasteiger partial charge on any atom is -0.497 e. The van der Waals surface area contributed by atoms with E-state index in [-0.39, 0.29) is 12.0 Å². The first-order valence-corrected chi connectivity index (χ1v) is 14.0. The molecule has 0 saturated carbocycles. The summed E-state index contributed by atoms with van der Waals surface area (Å²) in [7, 11) is 3.05. The first-order chi connectivity index (χ1) is 20.8. The number of anilines is 1. The summed E-state index contributed by atoms with van der Waals surface area (Å²) in [5.41, 5.74) is 7.54. The number of nitrogens with zero attached hydrogens (tertiary/aromatic N) is 2. The molecule has 4 aromatic carbocycles. The Kier molecular flexibility index (Phi) is 8.66. The van der Waals surface area contributed by atoms with Crippen molar-refractivity contribution in [1.82, 2.24) is 9.97 Å². The number of carbonyl (C=O) groups excluding carboxylic acids is 2. The van der Waals surface area contributed by atoms with Gasteiger partial charge in [-0.3, -0.25) is 4.79 Å². The molecule has 5 aromatic rings. The zero-order valence-corrected chi connectivity index (χ0v) is 24.8. The molecular weight excluding hydrogens is 542 g/mol. The lowest BCUT2D eigenvalue weighted by molar-refractivity contribution is -0.124. The van der Waals surface area contributed by atoms with E-state index in [0.717, 1.165) is 27.9 Å². The number of carbonyl (C=O) groups is 2. The largest absolute Gasteiger partial charge is 0.497 e. The van der Waals surface area contributed by atoms with Crippen molar-refractivity contribution in [1.29, 1.82) is 0 Å². The van der Waals surface area contributed by atoms with E-state index in [1.165, 1.54) is 14.2 Å². The van der Waals surface area contributed by atoms with Gasteiger partial charge in [0, 0.05) is 35.0 Å². The first-order valence-electron chi connectivity index (χ1n) is 14.0. The van der Waals surface area contributed by atoms with Crippen molar-refractivity contribution in [2.24, 2.45) is 0 Å². The van der Waals surface area contributed by atoms with Gasteiger partial charge >= 0.3 is 5.97 Å². The fourth-order valence-corrected chi connectivity index (χ4v) is 4.63. The van der Waals surface area contributed by atoms with Gasteiger partial charge in [-0.2, -0.15) is 0 Å². The third kappa shape index (κ3) is 6.64. The molecule has 1 heterocycles. The average molecular weight is 576 g/mol. The molecule has 0 aliphatic heterocycles. The molecule has 1 N–H and O–H groups in total. The van der Waals surface area contributed by atoms with E-state index in [9.17, 15) is 9.59 Å². The maximum atomic E-state index is 13.2. The van der Waals surface area contributed by atoms with Gasteiger partial charge in [0.1, 0.15) is 11.5 Å². The van der Waals surface area contributed by atoms with Crippen LogP contribution < -0.4 is 14.8 Å². The molecule has 1 unspecified atom stereocenters. The van der Waals surface area contributed by atoms with Gasteiger partial charge in [-0.15, -0.1) is 0 Å². The van der Waals surface area contributed by atoms with Crippen molar-refractivity contribution in [3.8, 4) is 34.0 Å². The fourth-order valence-electron chi connectivity index (χ4n) is 4.63. The van der Waals surface area contributed by atoms with Gasteiger partial charge < -0.3 is 19.5 Å². The van der Waals surface area contributed by atoms with Crippen LogP contribution in [0.5, 0.6) is 11.5 Å². The maximum Gasteiger partial charge on any atom is 0.338 e. The minimum atomic E-state index is -1.02. The number of fused-ring (bicyclic) bond motifs is 1. The quantitative estimate of drug-likeness (QED) is 0.186. The highest BCUT2D eigenvalue weighted by Crippen LogP contribution is 2.32. The molecular formula is C35H33N3O5. The number of amides is 1. The molecule has 0 radical (unpaired) electrons. The third-order valence-corrected chi connectivity index (χ3v) is 7.08. The number of aryl methyl sites for hydroxylation is 2. The Balaban J connectivity index is 1.43. The van der Waals surface area contributed by atoms with Gasteiger partial charge in [-0.25, -0.2) is 14.8 Å². The molecule has 43 heavy (non-hydrogen) atoms. The number of nitrogens with one attached hydrogen (secondary N) is 1. The summed E-state index contributed by atoms with van der Waals surface area (Å²) < 4.78 is 16.2. The van der Waals surface area contributed by atoms with E-state index in [2.05, 4.69) is 5.32 Å². The summed E-state index contributed by atoms with van der Waals surface area (Å²) in [6.45, 7) is 5.85. The molecule has 0 bridgehead atoms. The number of ether oxygens (including phenoxy) is 3. The van der Waals surface area contributed by atoms with Crippen molar-refractivity contribution in [2.45, 2.75) is 33.3 Å². The van der Waals surface area contributed by atoms with Crippen molar-refractivity contribution in [3.63, 3.8) is 0 Å². The Labute approximate surface area is 250 Å². The summed E-state index contributed by atoms with van der Waals surface area (Å²) in [5.74, 6) is -0.0513. The van der Waals surface area contributed by atoms with E-state index in [1.807, 2.05) is 62.4 Å². The molecule has 1 aromatic heterocycles. The summed E-state index contributed by atoms with van der Waals surface area (Å²) in [6, 6.07) is 26.3. The summed E-state index contributed by atoms with van der Waals surface area (Å²) in [5, 5.41) is 2.79. The summed E-state index contributed by atoms with van der Waals surface area (Å²) in [6.07, 6.45) is -0.734. The number of hydrogen-bond donors (Lipinski definition) is 1. The molecule has 5 rings (SSSR count). The van der Waals surface area contributed by atoms with Crippen LogP contribution in [0.25, 0.3) is 33.5 Å². The number of rotatable bonds is 9. The molecule has 0 spiro atoms. The van der Waals surface area contributed by atoms with Crippen LogP contribution in [-0.2, 0) is 9.53 Å². The number of methoxy groups -OCH3 is 2. The summed E-state index contributed by atoms with van der Waals surface area (Å²) in [4.78, 5) is 36.2. The van der Waals surface area contributed by atoms with Crippen LogP contribution in [0.4, 0.5) is 5.69 Å². The number of hydrogen-bond acceptors (Lipinski definition) is 7. The van der Waals surface area contributed by atoms with Crippen LogP contribution in [0.2, 0.25) is 0 Å². The highest BCUT2D eigenvalue weighted by atomic mass is 16.5. The Morgan fingerprint density at radius 1 is 0.721 bits per heavy atom. The van der Waals surface area contributed by atoms with Crippen LogP contribution in [0.15, 0.2) is 84.9 Å². The molecule has 0 aliphatic rings. The molecule has 0 aliphatic carbocycles. The number of esters is 1. The van der Waals surface area contributed by atoms with Crippen LogP contribution in [0.1, 0.15) is 34.8 Å². The predicted octanol–water partition coefficient (Wildman–Crippen LogP) is 7.17. The fraction of sp³-hybridized carbons (Fsp3) is 0.200. The Morgan fingerprint density at radius 2 is 1.26 bits per heavy atom. The van der Waals surface area contributed by atoms with Crippen LogP contribution in [0.3, 0.4) is 0 Å². The second kappa shape index (κ2) is 12.7. The van der Waals surface area contributed by atoms with Crippen molar-refractivity contribution in [3.05, 3.63) is 102 Å². The average Bonchev–Trinajstić information content (AvgIpc) is 3.03. The Hall–Kier alpha value is -5.24. The third-order valence-electron chi connectivity index (χ3n) is 7.08. The highest BCUT2D eigenvalue weighted by molar-refractivity contribution is 5.99. The van der Waals surface area contributed by atoms with Crippen molar-refractivity contribution in [2.75, 3.05) is 19.5 Å². The SMILES string of the molecule is CCC(OC(=O)c1ccc2nc(-c3ccc(C)cc3)c(-c3ccc(C)cc3)nc2c1)C(=O)Nc1cc(OC)cc(OC)c1. The summed E-state index contributed by atoms with van der Waals surface area (Å²) >= 11 is 0. The zero-order chi connectivity index (χ0) is 30.5.